The van der Waals surface area contributed by atoms with Gasteiger partial charge in [0.05, 0.1) is 5.03 Å². The molecule has 0 N–H and O–H groups in total. The van der Waals surface area contributed by atoms with Crippen LogP contribution < -0.4 is 0 Å². The highest BCUT2D eigenvalue weighted by molar-refractivity contribution is 6.50. The van der Waals surface area contributed by atoms with E-state index in [-0.39, 0.29) is 28.6 Å². The van der Waals surface area contributed by atoms with Gasteiger partial charge in [0.15, 0.2) is 5.78 Å². The Morgan fingerprint density at radius 3 is 2.18 bits per heavy atom. The first-order valence-corrected chi connectivity index (χ1v) is 5.46. The second kappa shape index (κ2) is 4.26. The van der Waals surface area contributed by atoms with Crippen LogP contribution in [0.1, 0.15) is 34.1 Å². The van der Waals surface area contributed by atoms with E-state index in [0.717, 1.165) is 0 Å². The summed E-state index contributed by atoms with van der Waals surface area (Å²) in [6.45, 7) is 1.36. The van der Waals surface area contributed by atoms with Crippen molar-refractivity contribution < 1.29 is 14.4 Å². The number of hydrogen-bond acceptors (Lipinski definition) is 3. The summed E-state index contributed by atoms with van der Waals surface area (Å²) in [5, 5.41) is -0.135. The molecule has 0 aliphatic heterocycles. The Kier molecular flexibility index (Phi) is 2.94. The smallest absolute Gasteiger partial charge is 0.205 e. The number of ketones is 3. The number of carbonyl (C=O) groups is 3. The molecule has 0 amide bonds. The van der Waals surface area contributed by atoms with Gasteiger partial charge in [-0.25, -0.2) is 0 Å². The molecular formula is C13H9ClO3. The highest BCUT2D eigenvalue weighted by atomic mass is 35.5. The van der Waals surface area contributed by atoms with Crippen molar-refractivity contribution in [3.05, 3.63) is 46.0 Å². The van der Waals surface area contributed by atoms with Crippen LogP contribution >= 0.6 is 11.6 Å². The minimum Gasteiger partial charge on any atom is -0.300 e. The predicted octanol–water partition coefficient (Wildman–Crippen LogP) is 2.54. The normalized spacial score (nSPS) is 14.9. The third-order valence-corrected chi connectivity index (χ3v) is 2.98. The largest absolute Gasteiger partial charge is 0.300 e. The standard InChI is InChI=1S/C13H9ClO3/c1-7(15)6-10-11(14)13(17)9-5-3-2-4-8(9)12(10)16/h2-5H,6H2,1H3. The van der Waals surface area contributed by atoms with E-state index in [1.165, 1.54) is 6.92 Å². The maximum atomic E-state index is 12.1. The molecule has 1 aromatic rings. The summed E-state index contributed by atoms with van der Waals surface area (Å²) >= 11 is 5.86. The molecule has 2 rings (SSSR count). The molecule has 0 unspecified atom stereocenters. The summed E-state index contributed by atoms with van der Waals surface area (Å²) in [6.07, 6.45) is -0.0995. The van der Waals surface area contributed by atoms with Gasteiger partial charge < -0.3 is 0 Å². The molecule has 0 saturated carbocycles. The molecule has 0 atom stereocenters. The molecule has 1 aliphatic carbocycles. The number of halogens is 1. The van der Waals surface area contributed by atoms with Crippen molar-refractivity contribution in [1.82, 2.24) is 0 Å². The maximum Gasteiger partial charge on any atom is 0.205 e. The molecule has 0 radical (unpaired) electrons. The Morgan fingerprint density at radius 1 is 1.12 bits per heavy atom. The van der Waals surface area contributed by atoms with Gasteiger partial charge in [-0.3, -0.25) is 14.4 Å². The molecular weight excluding hydrogens is 240 g/mol. The lowest BCUT2D eigenvalue weighted by Gasteiger charge is -2.16. The molecule has 0 bridgehead atoms. The molecule has 0 spiro atoms. The Hall–Kier alpha value is -1.74. The van der Waals surface area contributed by atoms with Crippen LogP contribution in [0.2, 0.25) is 0 Å². The molecule has 1 aliphatic rings. The fourth-order valence-corrected chi connectivity index (χ4v) is 2.06. The SMILES string of the molecule is CC(=O)CC1=C(Cl)C(=O)c2ccccc2C1=O. The van der Waals surface area contributed by atoms with Crippen LogP contribution in [0.3, 0.4) is 0 Å². The Morgan fingerprint density at radius 2 is 1.65 bits per heavy atom. The monoisotopic (exact) mass is 248 g/mol. The third kappa shape index (κ3) is 1.94. The van der Waals surface area contributed by atoms with Crippen molar-refractivity contribution in [2.45, 2.75) is 13.3 Å². The van der Waals surface area contributed by atoms with Gasteiger partial charge in [-0.05, 0) is 6.92 Å². The van der Waals surface area contributed by atoms with Crippen LogP contribution in [0.5, 0.6) is 0 Å². The zero-order chi connectivity index (χ0) is 12.6. The van der Waals surface area contributed by atoms with Crippen LogP contribution in [-0.2, 0) is 4.79 Å². The van der Waals surface area contributed by atoms with Crippen LogP contribution in [0.15, 0.2) is 34.9 Å². The second-order valence-corrected chi connectivity index (χ2v) is 4.25. The fraction of sp³-hybridized carbons (Fsp3) is 0.154. The number of Topliss-reactive ketones (excluding diaryl/α,β-unsaturated/α-hetero) is 3. The number of rotatable bonds is 2. The molecule has 4 heteroatoms. The van der Waals surface area contributed by atoms with Gasteiger partial charge in [-0.15, -0.1) is 0 Å². The van der Waals surface area contributed by atoms with Crippen molar-refractivity contribution in [2.75, 3.05) is 0 Å². The lowest BCUT2D eigenvalue weighted by molar-refractivity contribution is -0.116. The van der Waals surface area contributed by atoms with Gasteiger partial charge in [0, 0.05) is 23.1 Å². The summed E-state index contributed by atoms with van der Waals surface area (Å²) in [4.78, 5) is 35.0. The maximum absolute atomic E-state index is 12.1. The van der Waals surface area contributed by atoms with Gasteiger partial charge in [-0.1, -0.05) is 35.9 Å². The number of allylic oxidation sites excluding steroid dienone is 2. The molecule has 0 heterocycles. The summed E-state index contributed by atoms with van der Waals surface area (Å²) < 4.78 is 0. The van der Waals surface area contributed by atoms with Crippen LogP contribution in [0, 0.1) is 0 Å². The molecule has 0 saturated heterocycles. The molecule has 17 heavy (non-hydrogen) atoms. The number of fused-ring (bicyclic) bond motifs is 1. The first kappa shape index (κ1) is 11.7. The van der Waals surface area contributed by atoms with E-state index in [0.29, 0.717) is 11.1 Å². The van der Waals surface area contributed by atoms with Crippen molar-refractivity contribution in [2.24, 2.45) is 0 Å². The van der Waals surface area contributed by atoms with E-state index >= 15 is 0 Å². The number of carbonyl (C=O) groups excluding carboxylic acids is 3. The van der Waals surface area contributed by atoms with E-state index in [9.17, 15) is 14.4 Å². The highest BCUT2D eigenvalue weighted by Gasteiger charge is 2.31. The predicted molar refractivity (Wildman–Crippen MR) is 63.3 cm³/mol. The minimum atomic E-state index is -0.391. The lowest BCUT2D eigenvalue weighted by Crippen LogP contribution is -2.21. The Labute approximate surface area is 103 Å². The first-order valence-electron chi connectivity index (χ1n) is 5.09. The summed E-state index contributed by atoms with van der Waals surface area (Å²) in [5.41, 5.74) is 0.718. The molecule has 86 valence electrons. The highest BCUT2D eigenvalue weighted by Crippen LogP contribution is 2.30. The van der Waals surface area contributed by atoms with Gasteiger partial charge in [0.25, 0.3) is 0 Å². The van der Waals surface area contributed by atoms with Gasteiger partial charge in [-0.2, -0.15) is 0 Å². The quantitative estimate of drug-likeness (QED) is 0.808. The van der Waals surface area contributed by atoms with Crippen LogP contribution in [-0.4, -0.2) is 17.3 Å². The van der Waals surface area contributed by atoms with Crippen molar-refractivity contribution in [3.63, 3.8) is 0 Å². The first-order chi connectivity index (χ1) is 8.02. The molecule has 0 fully saturated rings. The van der Waals surface area contributed by atoms with Crippen LogP contribution in [0.25, 0.3) is 0 Å². The molecule has 3 nitrogen and oxygen atoms in total. The summed E-state index contributed by atoms with van der Waals surface area (Å²) in [7, 11) is 0. The Bertz CT molecular complexity index is 570. The van der Waals surface area contributed by atoms with Gasteiger partial charge in [0.2, 0.25) is 5.78 Å². The van der Waals surface area contributed by atoms with Crippen molar-refractivity contribution in [1.29, 1.82) is 0 Å². The number of hydrogen-bond donors (Lipinski definition) is 0. The molecule has 1 aromatic carbocycles. The van der Waals surface area contributed by atoms with Gasteiger partial charge >= 0.3 is 0 Å². The lowest BCUT2D eigenvalue weighted by atomic mass is 9.87. The van der Waals surface area contributed by atoms with Crippen molar-refractivity contribution >= 4 is 29.0 Å². The summed E-state index contributed by atoms with van der Waals surface area (Å²) in [5.74, 6) is -0.919. The second-order valence-electron chi connectivity index (χ2n) is 3.88. The molecule has 0 aromatic heterocycles. The minimum absolute atomic E-state index is 0.0995. The average Bonchev–Trinajstić information content (AvgIpc) is 2.31. The fourth-order valence-electron chi connectivity index (χ4n) is 1.80. The third-order valence-electron chi connectivity index (χ3n) is 2.58. The van der Waals surface area contributed by atoms with E-state index in [1.54, 1.807) is 24.3 Å². The van der Waals surface area contributed by atoms with E-state index in [2.05, 4.69) is 0 Å². The van der Waals surface area contributed by atoms with E-state index in [4.69, 9.17) is 11.6 Å². The zero-order valence-electron chi connectivity index (χ0n) is 9.12. The van der Waals surface area contributed by atoms with Gasteiger partial charge in [0.1, 0.15) is 5.78 Å². The van der Waals surface area contributed by atoms with E-state index in [1.807, 2.05) is 0 Å². The van der Waals surface area contributed by atoms with E-state index < -0.39 is 5.78 Å². The van der Waals surface area contributed by atoms with Crippen LogP contribution in [0.4, 0.5) is 0 Å². The topological polar surface area (TPSA) is 51.2 Å². The zero-order valence-corrected chi connectivity index (χ0v) is 9.88. The number of benzene rings is 1. The Balaban J connectivity index is 2.58. The average molecular weight is 249 g/mol. The van der Waals surface area contributed by atoms with Crippen molar-refractivity contribution in [3.8, 4) is 0 Å². The summed E-state index contributed by atoms with van der Waals surface area (Å²) in [6, 6.07) is 6.47.